The fourth-order valence-corrected chi connectivity index (χ4v) is 2.73. The molecule has 5 nitrogen and oxygen atoms in total. The number of anilines is 1. The van der Waals surface area contributed by atoms with Gasteiger partial charge in [0.15, 0.2) is 0 Å². The number of fused-ring (bicyclic) bond motifs is 1. The summed E-state index contributed by atoms with van der Waals surface area (Å²) in [7, 11) is 0. The van der Waals surface area contributed by atoms with E-state index < -0.39 is 0 Å². The molecule has 1 aromatic carbocycles. The van der Waals surface area contributed by atoms with E-state index >= 15 is 0 Å². The van der Waals surface area contributed by atoms with E-state index in [4.69, 9.17) is 5.73 Å². The molecule has 3 rings (SSSR count). The van der Waals surface area contributed by atoms with Crippen molar-refractivity contribution in [3.63, 3.8) is 0 Å². The third-order valence-corrected chi connectivity index (χ3v) is 3.60. The van der Waals surface area contributed by atoms with Gasteiger partial charge in [-0.3, -0.25) is 4.79 Å². The second-order valence-corrected chi connectivity index (χ2v) is 5.10. The van der Waals surface area contributed by atoms with Crippen LogP contribution in [-0.4, -0.2) is 34.6 Å². The lowest BCUT2D eigenvalue weighted by Crippen LogP contribution is -2.44. The molecule has 1 saturated heterocycles. The zero-order valence-corrected chi connectivity index (χ0v) is 11.0. The zero-order valence-electron chi connectivity index (χ0n) is 11.0. The highest BCUT2D eigenvalue weighted by Gasteiger charge is 2.23. The summed E-state index contributed by atoms with van der Waals surface area (Å²) >= 11 is 0. The maximum Gasteiger partial charge on any atom is 0.230 e. The average Bonchev–Trinajstić information content (AvgIpc) is 2.78. The minimum atomic E-state index is -0.0113. The average molecular weight is 258 g/mol. The second kappa shape index (κ2) is 4.66. The van der Waals surface area contributed by atoms with Crippen molar-refractivity contribution in [3.05, 3.63) is 24.3 Å². The molecular weight excluding hydrogens is 240 g/mol. The van der Waals surface area contributed by atoms with E-state index in [0.717, 1.165) is 42.9 Å². The van der Waals surface area contributed by atoms with Gasteiger partial charge in [0, 0.05) is 26.1 Å². The molecule has 1 aliphatic rings. The van der Waals surface area contributed by atoms with E-state index in [2.05, 4.69) is 9.88 Å². The molecule has 0 radical (unpaired) electrons. The zero-order chi connectivity index (χ0) is 13.4. The van der Waals surface area contributed by atoms with Crippen molar-refractivity contribution in [1.82, 2.24) is 9.55 Å². The minimum Gasteiger partial charge on any atom is -0.340 e. The smallest absolute Gasteiger partial charge is 0.230 e. The lowest BCUT2D eigenvalue weighted by Gasteiger charge is -2.31. The molecule has 0 bridgehead atoms. The highest BCUT2D eigenvalue weighted by atomic mass is 16.2. The Morgan fingerprint density at radius 1 is 1.42 bits per heavy atom. The molecule has 1 aromatic heterocycles. The Bertz CT molecular complexity index is 619. The molecule has 1 fully saturated rings. The number of carbonyl (C=O) groups is 1. The molecule has 2 aromatic rings. The fourth-order valence-electron chi connectivity index (χ4n) is 2.73. The third-order valence-electron chi connectivity index (χ3n) is 3.60. The lowest BCUT2D eigenvalue weighted by molar-refractivity contribution is 0.0942. The summed E-state index contributed by atoms with van der Waals surface area (Å²) in [4.78, 5) is 18.7. The predicted molar refractivity (Wildman–Crippen MR) is 75.5 cm³/mol. The molecule has 1 aliphatic heterocycles. The first kappa shape index (κ1) is 12.2. The monoisotopic (exact) mass is 258 g/mol. The van der Waals surface area contributed by atoms with Crippen LogP contribution in [-0.2, 0) is 0 Å². The van der Waals surface area contributed by atoms with Crippen molar-refractivity contribution in [2.24, 2.45) is 5.73 Å². The van der Waals surface area contributed by atoms with Gasteiger partial charge in [-0.25, -0.2) is 9.55 Å². The van der Waals surface area contributed by atoms with Crippen molar-refractivity contribution < 1.29 is 4.79 Å². The Hall–Kier alpha value is -1.88. The van der Waals surface area contributed by atoms with Crippen LogP contribution in [0.3, 0.4) is 0 Å². The molecule has 0 spiro atoms. The van der Waals surface area contributed by atoms with E-state index in [1.165, 1.54) is 0 Å². The van der Waals surface area contributed by atoms with Crippen LogP contribution < -0.4 is 10.6 Å². The molecule has 2 N–H and O–H groups in total. The van der Waals surface area contributed by atoms with Gasteiger partial charge in [-0.1, -0.05) is 12.1 Å². The molecule has 0 amide bonds. The van der Waals surface area contributed by atoms with E-state index in [1.54, 1.807) is 11.5 Å². The number of nitrogens with zero attached hydrogens (tertiary/aromatic N) is 3. The van der Waals surface area contributed by atoms with Gasteiger partial charge in [0.1, 0.15) is 0 Å². The van der Waals surface area contributed by atoms with Gasteiger partial charge >= 0.3 is 0 Å². The van der Waals surface area contributed by atoms with Gasteiger partial charge in [-0.2, -0.15) is 0 Å². The number of aromatic nitrogens is 2. The summed E-state index contributed by atoms with van der Waals surface area (Å²) in [6.07, 6.45) is 2.08. The first-order chi connectivity index (χ1) is 9.16. The number of para-hydroxylation sites is 2. The van der Waals surface area contributed by atoms with Crippen molar-refractivity contribution in [1.29, 1.82) is 0 Å². The Balaban J connectivity index is 2.11. The maximum atomic E-state index is 11.9. The van der Waals surface area contributed by atoms with Crippen molar-refractivity contribution >= 4 is 22.9 Å². The van der Waals surface area contributed by atoms with Gasteiger partial charge in [0.2, 0.25) is 11.9 Å². The largest absolute Gasteiger partial charge is 0.340 e. The van der Waals surface area contributed by atoms with Gasteiger partial charge < -0.3 is 10.6 Å². The molecule has 5 heteroatoms. The number of piperidine rings is 1. The fraction of sp³-hybridized carbons (Fsp3) is 0.429. The molecule has 0 saturated carbocycles. The summed E-state index contributed by atoms with van der Waals surface area (Å²) in [5.41, 5.74) is 7.74. The lowest BCUT2D eigenvalue weighted by atomic mass is 10.1. The SMILES string of the molecule is CC(=O)n1c(N2CCCC(N)C2)nc2ccccc21. The highest BCUT2D eigenvalue weighted by Crippen LogP contribution is 2.24. The summed E-state index contributed by atoms with van der Waals surface area (Å²) in [6.45, 7) is 3.24. The van der Waals surface area contributed by atoms with Crippen LogP contribution in [0, 0.1) is 0 Å². The summed E-state index contributed by atoms with van der Waals surface area (Å²) in [5.74, 6) is 0.715. The van der Waals surface area contributed by atoms with E-state index in [9.17, 15) is 4.79 Å². The van der Waals surface area contributed by atoms with Crippen molar-refractivity contribution in [2.75, 3.05) is 18.0 Å². The normalized spacial score (nSPS) is 19.9. The predicted octanol–water partition coefficient (Wildman–Crippen LogP) is 1.62. The first-order valence-electron chi connectivity index (χ1n) is 6.66. The number of hydrogen-bond donors (Lipinski definition) is 1. The number of rotatable bonds is 1. The molecule has 1 unspecified atom stereocenters. The standard InChI is InChI=1S/C14H18N4O/c1-10(19)18-13-7-3-2-6-12(13)16-14(18)17-8-4-5-11(15)9-17/h2-3,6-7,11H,4-5,8-9,15H2,1H3. The van der Waals surface area contributed by atoms with E-state index in [1.807, 2.05) is 24.3 Å². The Labute approximate surface area is 112 Å². The van der Waals surface area contributed by atoms with Crippen LogP contribution in [0.1, 0.15) is 24.6 Å². The van der Waals surface area contributed by atoms with Crippen LogP contribution in [0.15, 0.2) is 24.3 Å². The molecule has 0 aliphatic carbocycles. The van der Waals surface area contributed by atoms with Gasteiger partial charge in [-0.05, 0) is 25.0 Å². The van der Waals surface area contributed by atoms with Gasteiger partial charge in [0.25, 0.3) is 0 Å². The van der Waals surface area contributed by atoms with Crippen LogP contribution in [0.4, 0.5) is 5.95 Å². The van der Waals surface area contributed by atoms with Crippen LogP contribution in [0.2, 0.25) is 0 Å². The molecule has 1 atom stereocenters. The first-order valence-corrected chi connectivity index (χ1v) is 6.66. The van der Waals surface area contributed by atoms with Crippen LogP contribution in [0.25, 0.3) is 11.0 Å². The summed E-state index contributed by atoms with van der Waals surface area (Å²) in [6, 6.07) is 7.88. The molecular formula is C14H18N4O. The summed E-state index contributed by atoms with van der Waals surface area (Å²) < 4.78 is 1.69. The van der Waals surface area contributed by atoms with E-state index in [0.29, 0.717) is 0 Å². The summed E-state index contributed by atoms with van der Waals surface area (Å²) in [5, 5.41) is 0. The van der Waals surface area contributed by atoms with Crippen molar-refractivity contribution in [2.45, 2.75) is 25.8 Å². The number of benzene rings is 1. The number of imidazole rings is 1. The molecule has 100 valence electrons. The number of carbonyl (C=O) groups excluding carboxylic acids is 1. The Morgan fingerprint density at radius 3 is 2.95 bits per heavy atom. The van der Waals surface area contributed by atoms with Crippen molar-refractivity contribution in [3.8, 4) is 0 Å². The van der Waals surface area contributed by atoms with Gasteiger partial charge in [0.05, 0.1) is 11.0 Å². The maximum absolute atomic E-state index is 11.9. The number of nitrogens with two attached hydrogens (primary N) is 1. The Morgan fingerprint density at radius 2 is 2.21 bits per heavy atom. The second-order valence-electron chi connectivity index (χ2n) is 5.10. The third kappa shape index (κ3) is 2.10. The Kier molecular flexibility index (Phi) is 2.98. The van der Waals surface area contributed by atoms with E-state index in [-0.39, 0.29) is 11.9 Å². The molecule has 2 heterocycles. The molecule has 19 heavy (non-hydrogen) atoms. The quantitative estimate of drug-likeness (QED) is 0.844. The number of hydrogen-bond acceptors (Lipinski definition) is 4. The van der Waals surface area contributed by atoms with Crippen LogP contribution >= 0.6 is 0 Å². The topological polar surface area (TPSA) is 64.2 Å². The van der Waals surface area contributed by atoms with Crippen LogP contribution in [0.5, 0.6) is 0 Å². The highest BCUT2D eigenvalue weighted by molar-refractivity contribution is 5.92. The van der Waals surface area contributed by atoms with Gasteiger partial charge in [-0.15, -0.1) is 0 Å². The minimum absolute atomic E-state index is 0.0113.